The molecular formula is C25H33Cl2N3O5S. The van der Waals surface area contributed by atoms with Gasteiger partial charge in [-0.05, 0) is 55.2 Å². The van der Waals surface area contributed by atoms with E-state index in [4.69, 9.17) is 27.9 Å². The predicted molar refractivity (Wildman–Crippen MR) is 144 cm³/mol. The molecule has 8 nitrogen and oxygen atoms in total. The van der Waals surface area contributed by atoms with Crippen molar-refractivity contribution in [2.45, 2.75) is 40.3 Å². The average Bonchev–Trinajstić information content (AvgIpc) is 2.79. The first-order chi connectivity index (χ1) is 16.7. The number of carbonyl (C=O) groups is 2. The quantitative estimate of drug-likeness (QED) is 0.445. The Morgan fingerprint density at radius 3 is 2.31 bits per heavy atom. The molecule has 0 aliphatic heterocycles. The van der Waals surface area contributed by atoms with Gasteiger partial charge in [0.05, 0.1) is 19.1 Å². The van der Waals surface area contributed by atoms with Crippen molar-refractivity contribution in [1.82, 2.24) is 10.2 Å². The zero-order valence-corrected chi connectivity index (χ0v) is 23.7. The summed E-state index contributed by atoms with van der Waals surface area (Å²) in [7, 11) is -2.47. The van der Waals surface area contributed by atoms with Gasteiger partial charge in [-0.15, -0.1) is 0 Å². The van der Waals surface area contributed by atoms with E-state index in [0.29, 0.717) is 27.9 Å². The topological polar surface area (TPSA) is 96.0 Å². The van der Waals surface area contributed by atoms with Crippen molar-refractivity contribution in [1.29, 1.82) is 0 Å². The molecule has 0 aromatic heterocycles. The molecule has 0 heterocycles. The molecule has 198 valence electrons. The Morgan fingerprint density at radius 2 is 1.75 bits per heavy atom. The van der Waals surface area contributed by atoms with Crippen molar-refractivity contribution in [3.63, 3.8) is 0 Å². The molecule has 11 heteroatoms. The third-order valence-corrected chi connectivity index (χ3v) is 7.20. The maximum Gasteiger partial charge on any atom is 0.244 e. The molecule has 0 spiro atoms. The first-order valence-electron chi connectivity index (χ1n) is 11.4. The van der Waals surface area contributed by atoms with Gasteiger partial charge in [-0.2, -0.15) is 0 Å². The second kappa shape index (κ2) is 12.7. The number of nitrogens with one attached hydrogen (secondary N) is 1. The van der Waals surface area contributed by atoms with E-state index in [9.17, 15) is 18.0 Å². The molecule has 0 unspecified atom stereocenters. The molecule has 36 heavy (non-hydrogen) atoms. The molecule has 2 rings (SSSR count). The number of benzene rings is 2. The molecule has 2 aromatic carbocycles. The largest absolute Gasteiger partial charge is 0.495 e. The summed E-state index contributed by atoms with van der Waals surface area (Å²) < 4.78 is 31.9. The highest BCUT2D eigenvalue weighted by atomic mass is 35.5. The van der Waals surface area contributed by atoms with Crippen molar-refractivity contribution >= 4 is 50.7 Å². The minimum atomic E-state index is -3.89. The summed E-state index contributed by atoms with van der Waals surface area (Å²) in [6, 6.07) is 9.00. The van der Waals surface area contributed by atoms with E-state index in [1.54, 1.807) is 50.2 Å². The predicted octanol–water partition coefficient (Wildman–Crippen LogP) is 4.27. The van der Waals surface area contributed by atoms with Crippen LogP contribution in [0.5, 0.6) is 5.75 Å². The highest BCUT2D eigenvalue weighted by Crippen LogP contribution is 2.31. The van der Waals surface area contributed by atoms with E-state index in [2.05, 4.69) is 5.32 Å². The van der Waals surface area contributed by atoms with Gasteiger partial charge in [0.2, 0.25) is 21.8 Å². The Balaban J connectivity index is 2.47. The number of methoxy groups -OCH3 is 1. The molecule has 1 N–H and O–H groups in total. The van der Waals surface area contributed by atoms with Gasteiger partial charge in [0.25, 0.3) is 0 Å². The summed E-state index contributed by atoms with van der Waals surface area (Å²) in [6.07, 6.45) is 1.02. The Morgan fingerprint density at radius 1 is 1.08 bits per heavy atom. The van der Waals surface area contributed by atoms with Gasteiger partial charge in [-0.1, -0.05) is 49.2 Å². The first-order valence-corrected chi connectivity index (χ1v) is 14.0. The number of nitrogens with zero attached hydrogens (tertiary/aromatic N) is 2. The monoisotopic (exact) mass is 557 g/mol. The fourth-order valence-electron chi connectivity index (χ4n) is 3.46. The van der Waals surface area contributed by atoms with Gasteiger partial charge in [-0.3, -0.25) is 13.9 Å². The SMILES string of the molecule is COc1ccc(C)cc1N(CC(=O)N(Cc1ccc(Cl)cc1Cl)[C@@H](C)C(=O)NCC(C)C)S(C)(=O)=O. The number of sulfonamides is 1. The van der Waals surface area contributed by atoms with Gasteiger partial charge in [0, 0.05) is 23.1 Å². The number of amides is 2. The van der Waals surface area contributed by atoms with Gasteiger partial charge in [-0.25, -0.2) is 8.42 Å². The van der Waals surface area contributed by atoms with Crippen LogP contribution in [0.2, 0.25) is 10.0 Å². The number of anilines is 1. The molecule has 0 bridgehead atoms. The molecule has 0 aliphatic rings. The first kappa shape index (κ1) is 29.7. The van der Waals surface area contributed by atoms with Crippen molar-refractivity contribution in [2.75, 3.05) is 30.8 Å². The standard InChI is InChI=1S/C25H33Cl2N3O5S/c1-16(2)13-28-25(32)18(4)29(14-19-8-9-20(26)12-21(19)27)24(31)15-30(36(6,33)34)22-11-17(3)7-10-23(22)35-5/h7-12,16,18H,13-15H2,1-6H3,(H,28,32)/t18-/m0/s1. The van der Waals surface area contributed by atoms with E-state index < -0.39 is 28.5 Å². The highest BCUT2D eigenvalue weighted by Gasteiger charge is 2.31. The fourth-order valence-corrected chi connectivity index (χ4v) is 4.77. The van der Waals surface area contributed by atoms with E-state index in [0.717, 1.165) is 16.1 Å². The van der Waals surface area contributed by atoms with Gasteiger partial charge >= 0.3 is 0 Å². The van der Waals surface area contributed by atoms with Gasteiger partial charge in [0.15, 0.2) is 0 Å². The Hall–Kier alpha value is -2.49. The maximum atomic E-state index is 13.7. The number of ether oxygens (including phenoxy) is 1. The average molecular weight is 559 g/mol. The lowest BCUT2D eigenvalue weighted by atomic mass is 10.1. The highest BCUT2D eigenvalue weighted by molar-refractivity contribution is 7.92. The lowest BCUT2D eigenvalue weighted by molar-refractivity contribution is -0.139. The summed E-state index contributed by atoms with van der Waals surface area (Å²) in [5, 5.41) is 3.59. The summed E-state index contributed by atoms with van der Waals surface area (Å²) in [5.41, 5.74) is 1.59. The van der Waals surface area contributed by atoms with Crippen LogP contribution in [-0.4, -0.2) is 57.6 Å². The minimum absolute atomic E-state index is 0.0202. The number of rotatable bonds is 11. The molecule has 2 amide bonds. The lowest BCUT2D eigenvalue weighted by Crippen LogP contribution is -2.51. The number of hydrogen-bond donors (Lipinski definition) is 1. The number of hydrogen-bond acceptors (Lipinski definition) is 5. The normalized spacial score (nSPS) is 12.2. The van der Waals surface area contributed by atoms with Crippen molar-refractivity contribution < 1.29 is 22.7 Å². The second-order valence-corrected chi connectivity index (χ2v) is 11.8. The zero-order chi connectivity index (χ0) is 27.2. The number of halogens is 2. The van der Waals surface area contributed by atoms with Crippen LogP contribution in [0.4, 0.5) is 5.69 Å². The molecule has 0 saturated carbocycles. The number of carbonyl (C=O) groups excluding carboxylic acids is 2. The summed E-state index contributed by atoms with van der Waals surface area (Å²) in [5.74, 6) is -0.428. The summed E-state index contributed by atoms with van der Waals surface area (Å²) in [4.78, 5) is 27.9. The van der Waals surface area contributed by atoms with Crippen LogP contribution in [0.1, 0.15) is 31.9 Å². The Bertz CT molecular complexity index is 1200. The maximum absolute atomic E-state index is 13.7. The smallest absolute Gasteiger partial charge is 0.244 e. The molecule has 2 aromatic rings. The number of aryl methyl sites for hydroxylation is 1. The Labute approximate surface area is 223 Å². The Kier molecular flexibility index (Phi) is 10.5. The van der Waals surface area contributed by atoms with Crippen LogP contribution >= 0.6 is 23.2 Å². The minimum Gasteiger partial charge on any atom is -0.495 e. The molecule has 0 aliphatic carbocycles. The molecular weight excluding hydrogens is 525 g/mol. The summed E-state index contributed by atoms with van der Waals surface area (Å²) >= 11 is 12.4. The van der Waals surface area contributed by atoms with Crippen LogP contribution in [-0.2, 0) is 26.2 Å². The van der Waals surface area contributed by atoms with Gasteiger partial charge < -0.3 is 15.0 Å². The molecule has 0 fully saturated rings. The molecule has 1 atom stereocenters. The second-order valence-electron chi connectivity index (χ2n) is 9.02. The summed E-state index contributed by atoms with van der Waals surface area (Å²) in [6.45, 7) is 7.19. The van der Waals surface area contributed by atoms with Crippen molar-refractivity contribution in [2.24, 2.45) is 5.92 Å². The van der Waals surface area contributed by atoms with Crippen LogP contribution in [0.15, 0.2) is 36.4 Å². The van der Waals surface area contributed by atoms with Crippen LogP contribution < -0.4 is 14.4 Å². The van der Waals surface area contributed by atoms with Crippen LogP contribution in [0, 0.1) is 12.8 Å². The van der Waals surface area contributed by atoms with E-state index in [-0.39, 0.29) is 24.1 Å². The molecule has 0 saturated heterocycles. The van der Waals surface area contributed by atoms with E-state index in [1.165, 1.54) is 12.0 Å². The van der Waals surface area contributed by atoms with Gasteiger partial charge in [0.1, 0.15) is 18.3 Å². The van der Waals surface area contributed by atoms with E-state index >= 15 is 0 Å². The third kappa shape index (κ3) is 8.01. The van der Waals surface area contributed by atoms with Crippen molar-refractivity contribution in [3.05, 3.63) is 57.6 Å². The van der Waals surface area contributed by atoms with Crippen molar-refractivity contribution in [3.8, 4) is 5.75 Å². The van der Waals surface area contributed by atoms with Crippen LogP contribution in [0.25, 0.3) is 0 Å². The third-order valence-electron chi connectivity index (χ3n) is 5.49. The fraction of sp³-hybridized carbons (Fsp3) is 0.440. The molecule has 0 radical (unpaired) electrons. The van der Waals surface area contributed by atoms with Crippen LogP contribution in [0.3, 0.4) is 0 Å². The zero-order valence-electron chi connectivity index (χ0n) is 21.3. The lowest BCUT2D eigenvalue weighted by Gasteiger charge is -2.32. The van der Waals surface area contributed by atoms with E-state index in [1.807, 2.05) is 13.8 Å².